The van der Waals surface area contributed by atoms with E-state index >= 15 is 0 Å². The zero-order valence-electron chi connectivity index (χ0n) is 20.3. The molecule has 4 aliphatic rings. The molecule has 192 valence electrons. The van der Waals surface area contributed by atoms with Gasteiger partial charge in [-0.05, 0) is 44.2 Å². The molecule has 4 heterocycles. The van der Waals surface area contributed by atoms with Gasteiger partial charge in [0.05, 0.1) is 33.9 Å². The molecule has 5 atom stereocenters. The highest BCUT2D eigenvalue weighted by Crippen LogP contribution is 2.61. The topological polar surface area (TPSA) is 87.2 Å². The average molecular weight is 531 g/mol. The third-order valence-corrected chi connectivity index (χ3v) is 9.67. The van der Waals surface area contributed by atoms with Gasteiger partial charge in [-0.2, -0.15) is 0 Å². The summed E-state index contributed by atoms with van der Waals surface area (Å²) in [5.74, 6) is -2.23. The Hall–Kier alpha value is -2.29. The second-order valence-electron chi connectivity index (χ2n) is 9.80. The second kappa shape index (κ2) is 10.2. The van der Waals surface area contributed by atoms with Crippen molar-refractivity contribution in [3.8, 4) is 0 Å². The molecule has 7 nitrogen and oxygen atoms in total. The monoisotopic (exact) mass is 530 g/mol. The smallest absolute Gasteiger partial charge is 0.311 e. The number of carbonyl (C=O) groups excluding carboxylic acids is 3. The molecule has 0 saturated carbocycles. The number of para-hydroxylation sites is 1. The number of cyclic esters (lactones) is 1. The molecule has 1 unspecified atom stereocenters. The van der Waals surface area contributed by atoms with E-state index in [1.807, 2.05) is 37.3 Å². The van der Waals surface area contributed by atoms with Crippen LogP contribution in [0.5, 0.6) is 0 Å². The quantitative estimate of drug-likeness (QED) is 0.473. The number of anilines is 1. The van der Waals surface area contributed by atoms with Crippen molar-refractivity contribution in [2.24, 2.45) is 11.8 Å². The lowest BCUT2D eigenvalue weighted by Gasteiger charge is -2.35. The number of hydrogen-bond donors (Lipinski definition) is 1. The van der Waals surface area contributed by atoms with Crippen LogP contribution in [-0.4, -0.2) is 70.1 Å². The number of aliphatic hydroxyl groups is 1. The number of carbonyl (C=O) groups is 3. The van der Waals surface area contributed by atoms with Crippen molar-refractivity contribution in [2.75, 3.05) is 31.2 Å². The summed E-state index contributed by atoms with van der Waals surface area (Å²) < 4.78 is 4.71. The minimum absolute atomic E-state index is 0.102. The molecule has 0 bridgehead atoms. The molecule has 9 heteroatoms. The number of likely N-dealkylation sites (tertiary alicyclic amines) is 1. The van der Waals surface area contributed by atoms with E-state index in [0.29, 0.717) is 30.3 Å². The van der Waals surface area contributed by atoms with Gasteiger partial charge in [0.25, 0.3) is 5.91 Å². The molecular weight excluding hydrogens is 500 g/mol. The van der Waals surface area contributed by atoms with E-state index in [1.54, 1.807) is 15.9 Å². The van der Waals surface area contributed by atoms with E-state index in [9.17, 15) is 19.5 Å². The number of benzene rings is 1. The minimum Gasteiger partial charge on any atom is -0.465 e. The van der Waals surface area contributed by atoms with Crippen molar-refractivity contribution in [3.63, 3.8) is 0 Å². The third kappa shape index (κ3) is 4.07. The Balaban J connectivity index is 1.62. The molecule has 5 rings (SSSR count). The Kier molecular flexibility index (Phi) is 7.21. The SMILES string of the molecule is Cc1cccc(Cl)c1N1CC=C[C@]23S[C@@H]4/C=C\CCCCOC(=O)[C@@H]4[C@H]2C(=O)N(CCCO)C3C1=O. The van der Waals surface area contributed by atoms with Gasteiger partial charge in [0.15, 0.2) is 0 Å². The zero-order chi connectivity index (χ0) is 25.4. The summed E-state index contributed by atoms with van der Waals surface area (Å²) in [5.41, 5.74) is 1.49. The summed E-state index contributed by atoms with van der Waals surface area (Å²) in [6, 6.07) is 4.69. The number of hydrogen-bond acceptors (Lipinski definition) is 6. The first kappa shape index (κ1) is 25.4. The Morgan fingerprint density at radius 1 is 1.19 bits per heavy atom. The van der Waals surface area contributed by atoms with Crippen LogP contribution >= 0.6 is 23.4 Å². The fourth-order valence-corrected chi connectivity index (χ4v) is 8.39. The zero-order valence-corrected chi connectivity index (χ0v) is 21.8. The number of thioether (sulfide) groups is 1. The molecule has 2 saturated heterocycles. The van der Waals surface area contributed by atoms with Gasteiger partial charge in [-0.25, -0.2) is 0 Å². The number of amides is 2. The lowest BCUT2D eigenvalue weighted by atomic mass is 9.78. The first-order valence-electron chi connectivity index (χ1n) is 12.6. The van der Waals surface area contributed by atoms with Crippen molar-refractivity contribution in [1.82, 2.24) is 4.90 Å². The molecule has 4 aliphatic heterocycles. The number of rotatable bonds is 4. The van der Waals surface area contributed by atoms with Gasteiger partial charge in [0, 0.05) is 24.9 Å². The number of halogens is 1. The van der Waals surface area contributed by atoms with E-state index in [0.717, 1.165) is 24.8 Å². The molecule has 36 heavy (non-hydrogen) atoms. The number of aliphatic hydroxyl groups excluding tert-OH is 1. The molecule has 1 N–H and O–H groups in total. The van der Waals surface area contributed by atoms with Crippen LogP contribution in [0.15, 0.2) is 42.5 Å². The maximum absolute atomic E-state index is 14.3. The predicted molar refractivity (Wildman–Crippen MR) is 140 cm³/mol. The molecule has 0 aliphatic carbocycles. The van der Waals surface area contributed by atoms with Crippen molar-refractivity contribution in [3.05, 3.63) is 53.1 Å². The summed E-state index contributed by atoms with van der Waals surface area (Å²) in [7, 11) is 0. The summed E-state index contributed by atoms with van der Waals surface area (Å²) >= 11 is 8.08. The molecular formula is C27H31ClN2O5S. The standard InChI is InChI=1S/C27H31ClN2O5S/c1-17-9-6-10-18(28)22(17)29-13-7-12-27-21(24(32)30(14-8-15-31)23(27)25(29)33)20-19(36-27)11-4-2-3-5-16-35-26(20)34/h4,6-7,9-12,19-21,23,31H,2-3,5,8,13-16H2,1H3/b11-4-/t19-,20+,21+,23?,27+/m1/s1. The second-order valence-corrected chi connectivity index (χ2v) is 11.7. The lowest BCUT2D eigenvalue weighted by molar-refractivity contribution is -0.153. The molecule has 2 amide bonds. The van der Waals surface area contributed by atoms with Crippen LogP contribution in [0, 0.1) is 18.8 Å². The predicted octanol–water partition coefficient (Wildman–Crippen LogP) is 3.51. The van der Waals surface area contributed by atoms with Gasteiger partial charge in [-0.15, -0.1) is 11.8 Å². The van der Waals surface area contributed by atoms with Gasteiger partial charge < -0.3 is 19.6 Å². The van der Waals surface area contributed by atoms with Crippen molar-refractivity contribution in [1.29, 1.82) is 0 Å². The molecule has 1 aromatic rings. The summed E-state index contributed by atoms with van der Waals surface area (Å²) in [5, 5.41) is 9.74. The number of nitrogens with zero attached hydrogens (tertiary/aromatic N) is 2. The molecule has 1 aromatic carbocycles. The number of allylic oxidation sites excluding steroid dienone is 1. The number of aryl methyl sites for hydroxylation is 1. The maximum atomic E-state index is 14.3. The normalized spacial score (nSPS) is 33.0. The van der Waals surface area contributed by atoms with Crippen LogP contribution in [0.2, 0.25) is 5.02 Å². The number of esters is 1. The van der Waals surface area contributed by atoms with Gasteiger partial charge in [-0.1, -0.05) is 48.0 Å². The van der Waals surface area contributed by atoms with Crippen LogP contribution in [0.4, 0.5) is 5.69 Å². The number of fused-ring (bicyclic) bond motifs is 2. The molecule has 0 radical (unpaired) electrons. The Labute approximate surface area is 220 Å². The van der Waals surface area contributed by atoms with Crippen LogP contribution in [0.3, 0.4) is 0 Å². The fraction of sp³-hybridized carbons (Fsp3) is 0.519. The Bertz CT molecular complexity index is 1100. The highest BCUT2D eigenvalue weighted by molar-refractivity contribution is 8.02. The van der Waals surface area contributed by atoms with Gasteiger partial charge >= 0.3 is 5.97 Å². The largest absolute Gasteiger partial charge is 0.465 e. The van der Waals surface area contributed by atoms with E-state index in [4.69, 9.17) is 16.3 Å². The van der Waals surface area contributed by atoms with Crippen molar-refractivity contribution >= 4 is 46.8 Å². The highest BCUT2D eigenvalue weighted by atomic mass is 35.5. The van der Waals surface area contributed by atoms with Gasteiger partial charge in [0.1, 0.15) is 6.04 Å². The Morgan fingerprint density at radius 2 is 2.03 bits per heavy atom. The molecule has 1 spiro atoms. The average Bonchev–Trinajstić information content (AvgIpc) is 3.23. The first-order valence-corrected chi connectivity index (χ1v) is 13.8. The highest BCUT2D eigenvalue weighted by Gasteiger charge is 2.70. The van der Waals surface area contributed by atoms with Crippen molar-refractivity contribution < 1.29 is 24.2 Å². The third-order valence-electron chi connectivity index (χ3n) is 7.62. The molecule has 0 aromatic heterocycles. The summed E-state index contributed by atoms with van der Waals surface area (Å²) in [6.07, 6.45) is 10.9. The van der Waals surface area contributed by atoms with Crippen LogP contribution in [0.25, 0.3) is 0 Å². The van der Waals surface area contributed by atoms with E-state index in [-0.39, 0.29) is 36.2 Å². The van der Waals surface area contributed by atoms with Crippen LogP contribution < -0.4 is 4.90 Å². The van der Waals surface area contributed by atoms with E-state index in [1.165, 1.54) is 11.8 Å². The number of ether oxygens (including phenoxy) is 1. The summed E-state index contributed by atoms with van der Waals surface area (Å²) in [6.45, 7) is 2.68. The van der Waals surface area contributed by atoms with Crippen LogP contribution in [-0.2, 0) is 19.1 Å². The van der Waals surface area contributed by atoms with E-state index < -0.39 is 22.6 Å². The van der Waals surface area contributed by atoms with Gasteiger partial charge in [0.2, 0.25) is 5.91 Å². The van der Waals surface area contributed by atoms with Crippen molar-refractivity contribution in [2.45, 2.75) is 48.6 Å². The van der Waals surface area contributed by atoms with Gasteiger partial charge in [-0.3, -0.25) is 14.4 Å². The lowest BCUT2D eigenvalue weighted by Crippen LogP contribution is -2.53. The summed E-state index contributed by atoms with van der Waals surface area (Å²) in [4.78, 5) is 44.9. The Morgan fingerprint density at radius 3 is 2.81 bits per heavy atom. The minimum atomic E-state index is -0.916. The molecule has 2 fully saturated rings. The maximum Gasteiger partial charge on any atom is 0.311 e. The fourth-order valence-electron chi connectivity index (χ4n) is 6.06. The van der Waals surface area contributed by atoms with Crippen LogP contribution in [0.1, 0.15) is 31.2 Å². The van der Waals surface area contributed by atoms with E-state index in [2.05, 4.69) is 6.08 Å². The first-order chi connectivity index (χ1) is 17.4.